The Morgan fingerprint density at radius 2 is 2.17 bits per heavy atom. The van der Waals surface area contributed by atoms with Crippen molar-refractivity contribution in [3.05, 3.63) is 29.8 Å². The van der Waals surface area contributed by atoms with Crippen molar-refractivity contribution in [2.75, 3.05) is 12.8 Å². The van der Waals surface area contributed by atoms with Crippen molar-refractivity contribution in [2.45, 2.75) is 17.7 Å². The molecule has 1 aromatic carbocycles. The minimum atomic E-state index is -3.29. The highest BCUT2D eigenvalue weighted by Crippen LogP contribution is 2.11. The summed E-state index contributed by atoms with van der Waals surface area (Å²) in [6.07, 6.45) is 7.51. The van der Waals surface area contributed by atoms with Crippen LogP contribution in [0.25, 0.3) is 0 Å². The second-order valence-electron chi connectivity index (χ2n) is 3.86. The van der Waals surface area contributed by atoms with Gasteiger partial charge in [0.2, 0.25) is 0 Å². The van der Waals surface area contributed by atoms with Crippen LogP contribution in [0.2, 0.25) is 0 Å². The molecule has 5 heteroatoms. The minimum Gasteiger partial charge on any atom is -0.352 e. The molecular weight excluding hydrogens is 250 g/mol. The van der Waals surface area contributed by atoms with E-state index in [0.29, 0.717) is 24.9 Å². The van der Waals surface area contributed by atoms with E-state index in [1.165, 1.54) is 12.1 Å². The summed E-state index contributed by atoms with van der Waals surface area (Å²) in [7, 11) is -3.29. The highest BCUT2D eigenvalue weighted by Gasteiger charge is 2.10. The van der Waals surface area contributed by atoms with Crippen LogP contribution in [0, 0.1) is 12.3 Å². The van der Waals surface area contributed by atoms with Crippen LogP contribution < -0.4 is 5.32 Å². The Bertz CT molecular complexity index is 570. The van der Waals surface area contributed by atoms with Gasteiger partial charge < -0.3 is 5.32 Å². The SMILES string of the molecule is C#CCCCNC(=O)c1cccc(S(C)(=O)=O)c1. The lowest BCUT2D eigenvalue weighted by Gasteiger charge is -2.05. The van der Waals surface area contributed by atoms with E-state index in [1.54, 1.807) is 12.1 Å². The molecular formula is C13H15NO3S. The number of hydrogen-bond donors (Lipinski definition) is 1. The Labute approximate surface area is 107 Å². The zero-order valence-electron chi connectivity index (χ0n) is 10.1. The Kier molecular flexibility index (Phi) is 4.93. The van der Waals surface area contributed by atoms with E-state index in [9.17, 15) is 13.2 Å². The van der Waals surface area contributed by atoms with Crippen molar-refractivity contribution >= 4 is 15.7 Å². The first kappa shape index (κ1) is 14.3. The number of rotatable bonds is 5. The number of amides is 1. The highest BCUT2D eigenvalue weighted by molar-refractivity contribution is 7.90. The summed E-state index contributed by atoms with van der Waals surface area (Å²) in [5, 5.41) is 2.68. The normalized spacial score (nSPS) is 10.7. The van der Waals surface area contributed by atoms with Gasteiger partial charge in [0.15, 0.2) is 9.84 Å². The molecule has 0 aliphatic rings. The predicted octanol–water partition coefficient (Wildman–Crippen LogP) is 1.23. The van der Waals surface area contributed by atoms with Crippen molar-refractivity contribution in [1.82, 2.24) is 5.32 Å². The molecule has 0 bridgehead atoms. The second-order valence-corrected chi connectivity index (χ2v) is 5.88. The molecule has 1 amide bonds. The van der Waals surface area contributed by atoms with E-state index in [4.69, 9.17) is 6.42 Å². The molecule has 0 heterocycles. The van der Waals surface area contributed by atoms with Crippen LogP contribution in [0.4, 0.5) is 0 Å². The Morgan fingerprint density at radius 3 is 2.78 bits per heavy atom. The van der Waals surface area contributed by atoms with Gasteiger partial charge in [0, 0.05) is 24.8 Å². The topological polar surface area (TPSA) is 63.2 Å². The third-order valence-electron chi connectivity index (χ3n) is 2.31. The van der Waals surface area contributed by atoms with E-state index in [-0.39, 0.29) is 10.8 Å². The number of carbonyl (C=O) groups is 1. The van der Waals surface area contributed by atoms with Gasteiger partial charge in [-0.3, -0.25) is 4.79 Å². The van der Waals surface area contributed by atoms with Crippen LogP contribution in [-0.2, 0) is 9.84 Å². The van der Waals surface area contributed by atoms with Crippen molar-refractivity contribution in [2.24, 2.45) is 0 Å². The van der Waals surface area contributed by atoms with Crippen molar-refractivity contribution in [3.63, 3.8) is 0 Å². The van der Waals surface area contributed by atoms with Crippen molar-refractivity contribution in [1.29, 1.82) is 0 Å². The first-order valence-electron chi connectivity index (χ1n) is 5.47. The number of hydrogen-bond acceptors (Lipinski definition) is 3. The fraction of sp³-hybridized carbons (Fsp3) is 0.308. The summed E-state index contributed by atoms with van der Waals surface area (Å²) in [6, 6.07) is 5.95. The number of carbonyl (C=O) groups excluding carboxylic acids is 1. The van der Waals surface area contributed by atoms with Gasteiger partial charge >= 0.3 is 0 Å². The Hall–Kier alpha value is -1.80. The number of nitrogens with one attached hydrogen (secondary N) is 1. The lowest BCUT2D eigenvalue weighted by atomic mass is 10.2. The molecule has 0 atom stereocenters. The standard InChI is InChI=1S/C13H15NO3S/c1-3-4-5-9-14-13(15)11-7-6-8-12(10-11)18(2,16)17/h1,6-8,10H,4-5,9H2,2H3,(H,14,15). The van der Waals surface area contributed by atoms with Crippen LogP contribution in [0.3, 0.4) is 0 Å². The van der Waals surface area contributed by atoms with Gasteiger partial charge in [0.1, 0.15) is 0 Å². The Morgan fingerprint density at radius 1 is 1.44 bits per heavy atom. The monoisotopic (exact) mass is 265 g/mol. The minimum absolute atomic E-state index is 0.138. The van der Waals surface area contributed by atoms with Gasteiger partial charge in [-0.1, -0.05) is 6.07 Å². The molecule has 0 fully saturated rings. The quantitative estimate of drug-likeness (QED) is 0.643. The first-order valence-corrected chi connectivity index (χ1v) is 7.36. The van der Waals surface area contributed by atoms with Crippen molar-refractivity contribution in [3.8, 4) is 12.3 Å². The molecule has 1 rings (SSSR count). The van der Waals surface area contributed by atoms with Crippen LogP contribution in [-0.4, -0.2) is 27.1 Å². The van der Waals surface area contributed by atoms with Crippen LogP contribution >= 0.6 is 0 Å². The summed E-state index contributed by atoms with van der Waals surface area (Å²) >= 11 is 0. The number of sulfone groups is 1. The lowest BCUT2D eigenvalue weighted by molar-refractivity contribution is 0.0953. The zero-order chi connectivity index (χ0) is 13.6. The fourth-order valence-electron chi connectivity index (χ4n) is 1.36. The Balaban J connectivity index is 2.73. The molecule has 4 nitrogen and oxygen atoms in total. The summed E-state index contributed by atoms with van der Waals surface area (Å²) in [5.74, 6) is 2.19. The van der Waals surface area contributed by atoms with E-state index in [1.807, 2.05) is 0 Å². The van der Waals surface area contributed by atoms with Crippen LogP contribution in [0.1, 0.15) is 23.2 Å². The average Bonchev–Trinajstić information content (AvgIpc) is 2.33. The molecule has 0 aliphatic carbocycles. The van der Waals surface area contributed by atoms with Gasteiger partial charge in [-0.25, -0.2) is 8.42 Å². The maximum atomic E-state index is 11.7. The molecule has 0 radical (unpaired) electrons. The van der Waals surface area contributed by atoms with Gasteiger partial charge in [-0.05, 0) is 24.6 Å². The van der Waals surface area contributed by atoms with Crippen LogP contribution in [0.15, 0.2) is 29.2 Å². The summed E-state index contributed by atoms with van der Waals surface area (Å²) < 4.78 is 22.7. The lowest BCUT2D eigenvalue weighted by Crippen LogP contribution is -2.24. The highest BCUT2D eigenvalue weighted by atomic mass is 32.2. The zero-order valence-corrected chi connectivity index (χ0v) is 11.0. The smallest absolute Gasteiger partial charge is 0.251 e. The molecule has 0 saturated carbocycles. The average molecular weight is 265 g/mol. The van der Waals surface area contributed by atoms with Gasteiger partial charge in [-0.2, -0.15) is 0 Å². The third-order valence-corrected chi connectivity index (χ3v) is 3.42. The molecule has 0 aromatic heterocycles. The molecule has 18 heavy (non-hydrogen) atoms. The number of unbranched alkanes of at least 4 members (excludes halogenated alkanes) is 1. The molecule has 96 valence electrons. The van der Waals surface area contributed by atoms with E-state index < -0.39 is 9.84 Å². The predicted molar refractivity (Wildman–Crippen MR) is 70.0 cm³/mol. The van der Waals surface area contributed by atoms with E-state index in [2.05, 4.69) is 11.2 Å². The summed E-state index contributed by atoms with van der Waals surface area (Å²) in [4.78, 5) is 11.9. The van der Waals surface area contributed by atoms with Gasteiger partial charge in [0.05, 0.1) is 4.90 Å². The summed E-state index contributed by atoms with van der Waals surface area (Å²) in [5.41, 5.74) is 0.332. The largest absolute Gasteiger partial charge is 0.352 e. The maximum Gasteiger partial charge on any atom is 0.251 e. The van der Waals surface area contributed by atoms with Crippen LogP contribution in [0.5, 0.6) is 0 Å². The van der Waals surface area contributed by atoms with Gasteiger partial charge in [0.25, 0.3) is 5.91 Å². The summed E-state index contributed by atoms with van der Waals surface area (Å²) in [6.45, 7) is 0.478. The molecule has 0 spiro atoms. The maximum absolute atomic E-state index is 11.7. The molecule has 1 N–H and O–H groups in total. The van der Waals surface area contributed by atoms with Crippen molar-refractivity contribution < 1.29 is 13.2 Å². The van der Waals surface area contributed by atoms with E-state index in [0.717, 1.165) is 6.26 Å². The molecule has 1 aromatic rings. The van der Waals surface area contributed by atoms with E-state index >= 15 is 0 Å². The fourth-order valence-corrected chi connectivity index (χ4v) is 2.03. The molecule has 0 unspecified atom stereocenters. The number of benzene rings is 1. The first-order chi connectivity index (χ1) is 8.45. The number of terminal acetylenes is 1. The third kappa shape index (κ3) is 4.22. The molecule has 0 saturated heterocycles. The van der Waals surface area contributed by atoms with Gasteiger partial charge in [-0.15, -0.1) is 12.3 Å². The second kappa shape index (κ2) is 6.22. The molecule has 0 aliphatic heterocycles.